The van der Waals surface area contributed by atoms with Crippen molar-refractivity contribution < 1.29 is 8.83 Å². The summed E-state index contributed by atoms with van der Waals surface area (Å²) < 4.78 is 14.0. The minimum Gasteiger partial charge on any atom is -0.454 e. The van der Waals surface area contributed by atoms with Crippen molar-refractivity contribution in [1.82, 2.24) is 0 Å². The van der Waals surface area contributed by atoms with Gasteiger partial charge < -0.3 is 18.6 Å². The molecule has 0 aliphatic heterocycles. The monoisotopic (exact) mass is 964 g/mol. The Kier molecular flexibility index (Phi) is 10.7. The Morgan fingerprint density at radius 2 is 0.757 bits per heavy atom. The summed E-state index contributed by atoms with van der Waals surface area (Å²) in [6.45, 7) is 14.0. The van der Waals surface area contributed by atoms with Crippen LogP contribution in [0, 0.1) is 13.8 Å². The van der Waals surface area contributed by atoms with E-state index >= 15 is 0 Å². The number of fused-ring (bicyclic) bond motifs is 6. The second kappa shape index (κ2) is 17.5. The highest BCUT2D eigenvalue weighted by molar-refractivity contribution is 6.30. The zero-order valence-corrected chi connectivity index (χ0v) is 43.7. The Morgan fingerprint density at radius 1 is 0.392 bits per heavy atom. The molecule has 0 unspecified atom stereocenters. The number of hydrogen-bond donors (Lipinski definition) is 0. The van der Waals surface area contributed by atoms with Crippen LogP contribution in [-0.2, 0) is 0 Å². The normalized spacial score (nSPS) is 14.9. The standard InChI is InChI=1S/C70H64N2O2/c1-41(2)59-39-61(71(49-29-25-47(26-30-49)45-15-7-8-16-45)67-43(5)23-33-55-51-19-11-13-21-63(51)73-69(55)67)57-38-36-54-60(42(3)4)40-62(58-37-35-53(59)65(57)66(54)58)72(50-31-27-48(28-32-50)46-17-9-10-18-46)68-44(6)24-34-56-52-20-12-14-22-64(52)74-70(56)68/h11-14,19-42,45-46H,7-10,15-18H2,1-6H3. The van der Waals surface area contributed by atoms with Gasteiger partial charge in [0.05, 0.1) is 22.7 Å². The molecule has 2 saturated carbocycles. The van der Waals surface area contributed by atoms with Crippen LogP contribution in [0.1, 0.15) is 136 Å². The summed E-state index contributed by atoms with van der Waals surface area (Å²) in [7, 11) is 0. The van der Waals surface area contributed by atoms with Crippen molar-refractivity contribution in [3.8, 4) is 0 Å². The van der Waals surface area contributed by atoms with Gasteiger partial charge in [0.15, 0.2) is 11.2 Å². The molecule has 366 valence electrons. The van der Waals surface area contributed by atoms with Crippen molar-refractivity contribution in [1.29, 1.82) is 0 Å². The van der Waals surface area contributed by atoms with Crippen LogP contribution in [0.15, 0.2) is 167 Å². The fraction of sp³-hybridized carbons (Fsp3) is 0.257. The Morgan fingerprint density at radius 3 is 1.15 bits per heavy atom. The third-order valence-electron chi connectivity index (χ3n) is 17.5. The molecule has 2 aliphatic carbocycles. The van der Waals surface area contributed by atoms with E-state index in [0.717, 1.165) is 66.6 Å². The summed E-state index contributed by atoms with van der Waals surface area (Å²) >= 11 is 0. The first-order valence-corrected chi connectivity index (χ1v) is 27.6. The van der Waals surface area contributed by atoms with E-state index in [1.807, 2.05) is 0 Å². The first kappa shape index (κ1) is 45.1. The Hall–Kier alpha value is -7.56. The minimum absolute atomic E-state index is 0.250. The van der Waals surface area contributed by atoms with Gasteiger partial charge in [-0.05, 0) is 167 Å². The molecule has 0 spiro atoms. The molecule has 2 aliphatic rings. The molecule has 0 N–H and O–H groups in total. The Labute approximate surface area is 434 Å². The van der Waals surface area contributed by atoms with Gasteiger partial charge in [0, 0.05) is 43.7 Å². The third kappa shape index (κ3) is 7.00. The van der Waals surface area contributed by atoms with Crippen LogP contribution >= 0.6 is 0 Å². The van der Waals surface area contributed by atoms with E-state index in [4.69, 9.17) is 8.83 Å². The summed E-state index contributed by atoms with van der Waals surface area (Å²) in [5.74, 6) is 1.74. The summed E-state index contributed by atoms with van der Waals surface area (Å²) in [6.07, 6.45) is 10.3. The first-order chi connectivity index (χ1) is 36.2. The van der Waals surface area contributed by atoms with Crippen molar-refractivity contribution >= 4 is 110 Å². The van der Waals surface area contributed by atoms with Gasteiger partial charge in [-0.15, -0.1) is 0 Å². The molecule has 10 aromatic carbocycles. The van der Waals surface area contributed by atoms with Crippen molar-refractivity contribution in [2.45, 2.75) is 117 Å². The molecule has 2 heterocycles. The maximum Gasteiger partial charge on any atom is 0.159 e. The third-order valence-corrected chi connectivity index (χ3v) is 17.5. The predicted molar refractivity (Wildman–Crippen MR) is 314 cm³/mol. The Balaban J connectivity index is 1.08. The molecule has 0 saturated heterocycles. The van der Waals surface area contributed by atoms with Crippen molar-refractivity contribution in [2.75, 3.05) is 9.80 Å². The fourth-order valence-electron chi connectivity index (χ4n) is 13.7. The van der Waals surface area contributed by atoms with Crippen LogP contribution < -0.4 is 9.80 Å². The lowest BCUT2D eigenvalue weighted by atomic mass is 9.84. The van der Waals surface area contributed by atoms with Gasteiger partial charge in [-0.2, -0.15) is 0 Å². The molecule has 4 nitrogen and oxygen atoms in total. The highest BCUT2D eigenvalue weighted by Crippen LogP contribution is 2.54. The lowest BCUT2D eigenvalue weighted by Crippen LogP contribution is -2.14. The number of benzene rings is 10. The van der Waals surface area contributed by atoms with Gasteiger partial charge in [0.1, 0.15) is 11.2 Å². The number of aryl methyl sites for hydroxylation is 2. The molecular weight excluding hydrogens is 901 g/mol. The topological polar surface area (TPSA) is 32.8 Å². The molecular formula is C70H64N2O2. The van der Waals surface area contributed by atoms with Crippen LogP contribution in [0.5, 0.6) is 0 Å². The number of para-hydroxylation sites is 2. The number of nitrogens with zero attached hydrogens (tertiary/aromatic N) is 2. The fourth-order valence-corrected chi connectivity index (χ4v) is 13.7. The summed E-state index contributed by atoms with van der Waals surface area (Å²) in [5, 5.41) is 12.2. The largest absolute Gasteiger partial charge is 0.454 e. The SMILES string of the molecule is Cc1ccc2c(oc3ccccc32)c1N(c1ccc(C2CCCC2)cc1)c1cc(C(C)C)c2ccc3c(N(c4ccc(C5CCCC5)cc4)c4c(C)ccc5c4oc4ccccc45)cc(C(C)C)c4ccc1c2c43. The summed E-state index contributed by atoms with van der Waals surface area (Å²) in [6, 6.07) is 60.0. The molecule has 14 rings (SSSR count). The molecule has 0 amide bonds. The van der Waals surface area contributed by atoms with Gasteiger partial charge >= 0.3 is 0 Å². The van der Waals surface area contributed by atoms with Crippen molar-refractivity contribution in [2.24, 2.45) is 0 Å². The van der Waals surface area contributed by atoms with E-state index in [1.165, 1.54) is 128 Å². The van der Waals surface area contributed by atoms with Crippen LogP contribution in [0.2, 0.25) is 0 Å². The van der Waals surface area contributed by atoms with Gasteiger partial charge in [-0.3, -0.25) is 0 Å². The van der Waals surface area contributed by atoms with E-state index in [-0.39, 0.29) is 11.8 Å². The van der Waals surface area contributed by atoms with Crippen LogP contribution in [-0.4, -0.2) is 0 Å². The Bertz CT molecular complexity index is 3850. The van der Waals surface area contributed by atoms with Gasteiger partial charge in [-0.25, -0.2) is 0 Å². The van der Waals surface area contributed by atoms with E-state index < -0.39 is 0 Å². The molecule has 4 heteroatoms. The molecule has 2 aromatic heterocycles. The number of furan rings is 2. The summed E-state index contributed by atoms with van der Waals surface area (Å²) in [5.41, 5.74) is 18.3. The molecule has 0 radical (unpaired) electrons. The van der Waals surface area contributed by atoms with E-state index in [0.29, 0.717) is 11.8 Å². The maximum absolute atomic E-state index is 7.01. The molecule has 0 bridgehead atoms. The minimum atomic E-state index is 0.250. The quantitative estimate of drug-likeness (QED) is 0.128. The van der Waals surface area contributed by atoms with Crippen molar-refractivity contribution in [3.05, 3.63) is 191 Å². The highest BCUT2D eigenvalue weighted by atomic mass is 16.3. The lowest BCUT2D eigenvalue weighted by molar-refractivity contribution is 0.668. The maximum atomic E-state index is 7.01. The van der Waals surface area contributed by atoms with Crippen LogP contribution in [0.25, 0.3) is 76.2 Å². The molecule has 2 fully saturated rings. The molecule has 0 atom stereocenters. The average molecular weight is 965 g/mol. The van der Waals surface area contributed by atoms with Gasteiger partial charge in [-0.1, -0.05) is 163 Å². The van der Waals surface area contributed by atoms with Crippen LogP contribution in [0.3, 0.4) is 0 Å². The average Bonchev–Trinajstić information content (AvgIpc) is 4.28. The first-order valence-electron chi connectivity index (χ1n) is 27.6. The van der Waals surface area contributed by atoms with E-state index in [2.05, 4.69) is 209 Å². The second-order valence-corrected chi connectivity index (χ2v) is 22.6. The van der Waals surface area contributed by atoms with Crippen LogP contribution in [0.4, 0.5) is 34.1 Å². The zero-order valence-electron chi connectivity index (χ0n) is 43.7. The highest BCUT2D eigenvalue weighted by Gasteiger charge is 2.30. The second-order valence-electron chi connectivity index (χ2n) is 22.6. The van der Waals surface area contributed by atoms with Gasteiger partial charge in [0.2, 0.25) is 0 Å². The van der Waals surface area contributed by atoms with Crippen molar-refractivity contribution in [3.63, 3.8) is 0 Å². The predicted octanol–water partition coefficient (Wildman–Crippen LogP) is 21.5. The zero-order chi connectivity index (χ0) is 49.9. The summed E-state index contributed by atoms with van der Waals surface area (Å²) in [4.78, 5) is 5.09. The molecule has 12 aromatic rings. The van der Waals surface area contributed by atoms with Gasteiger partial charge in [0.25, 0.3) is 0 Å². The smallest absolute Gasteiger partial charge is 0.159 e. The van der Waals surface area contributed by atoms with E-state index in [9.17, 15) is 0 Å². The van der Waals surface area contributed by atoms with E-state index in [1.54, 1.807) is 0 Å². The lowest BCUT2D eigenvalue weighted by Gasteiger charge is -2.32. The number of anilines is 6. The number of rotatable bonds is 10. The number of hydrogen-bond acceptors (Lipinski definition) is 4. The molecule has 74 heavy (non-hydrogen) atoms.